The zero-order chi connectivity index (χ0) is 16.0. The molecule has 3 aromatic rings. The molecule has 0 amide bonds. The van der Waals surface area contributed by atoms with Gasteiger partial charge in [-0.15, -0.1) is 11.3 Å². The van der Waals surface area contributed by atoms with Crippen LogP contribution in [0.3, 0.4) is 0 Å². The maximum Gasteiger partial charge on any atom is 0.172 e. The van der Waals surface area contributed by atoms with Crippen molar-refractivity contribution >= 4 is 28.0 Å². The van der Waals surface area contributed by atoms with Crippen molar-refractivity contribution in [2.75, 3.05) is 18.0 Å². The number of thiazole rings is 1. The molecule has 23 heavy (non-hydrogen) atoms. The Balaban J connectivity index is 1.77. The molecular formula is C17H19N3O2S. The van der Waals surface area contributed by atoms with E-state index in [4.69, 9.17) is 9.26 Å². The number of ether oxygens (including phenoxy) is 1. The molecule has 5 nitrogen and oxygen atoms in total. The first-order valence-electron chi connectivity index (χ1n) is 7.82. The second-order valence-electron chi connectivity index (χ2n) is 6.12. The van der Waals surface area contributed by atoms with Crippen molar-refractivity contribution in [2.45, 2.75) is 33.0 Å². The molecule has 1 aliphatic rings. The minimum absolute atomic E-state index is 0.231. The predicted molar refractivity (Wildman–Crippen MR) is 92.1 cm³/mol. The average molecular weight is 329 g/mol. The summed E-state index contributed by atoms with van der Waals surface area (Å²) in [7, 11) is 0. The first-order valence-corrected chi connectivity index (χ1v) is 8.70. The van der Waals surface area contributed by atoms with Crippen LogP contribution in [0.25, 0.3) is 21.7 Å². The average Bonchev–Trinajstić information content (AvgIpc) is 3.15. The lowest BCUT2D eigenvalue weighted by atomic mass is 10.1. The third kappa shape index (κ3) is 2.52. The van der Waals surface area contributed by atoms with Crippen LogP contribution in [-0.2, 0) is 4.74 Å². The van der Waals surface area contributed by atoms with Crippen molar-refractivity contribution in [3.63, 3.8) is 0 Å². The molecule has 0 spiro atoms. The summed E-state index contributed by atoms with van der Waals surface area (Å²) in [6, 6.07) is 4.26. The molecule has 0 N–H and O–H groups in total. The highest BCUT2D eigenvalue weighted by atomic mass is 32.1. The van der Waals surface area contributed by atoms with Gasteiger partial charge in [0.1, 0.15) is 10.7 Å². The van der Waals surface area contributed by atoms with Crippen molar-refractivity contribution in [2.24, 2.45) is 0 Å². The van der Waals surface area contributed by atoms with Gasteiger partial charge in [-0.05, 0) is 32.9 Å². The Morgan fingerprint density at radius 1 is 1.22 bits per heavy atom. The van der Waals surface area contributed by atoms with Gasteiger partial charge in [0.05, 0.1) is 17.6 Å². The standard InChI is InChI=1S/C17H19N3O2S/c1-10-8-20(9-11(2)21-10)14-5-4-13-15(17-18-6-7-23-17)19-22-16(13)12(14)3/h4-7,10-11H,8-9H2,1-3H3/t10-,11+. The summed E-state index contributed by atoms with van der Waals surface area (Å²) in [6.07, 6.45) is 2.25. The summed E-state index contributed by atoms with van der Waals surface area (Å²) in [5.41, 5.74) is 3.99. The third-order valence-electron chi connectivity index (χ3n) is 4.26. The monoisotopic (exact) mass is 329 g/mol. The van der Waals surface area contributed by atoms with E-state index in [0.717, 1.165) is 40.3 Å². The lowest BCUT2D eigenvalue weighted by molar-refractivity contribution is -0.00524. The number of nitrogens with zero attached hydrogens (tertiary/aromatic N) is 3. The Kier molecular flexibility index (Phi) is 3.58. The molecule has 0 radical (unpaired) electrons. The van der Waals surface area contributed by atoms with Gasteiger partial charge in [-0.1, -0.05) is 5.16 Å². The van der Waals surface area contributed by atoms with E-state index in [9.17, 15) is 0 Å². The number of hydrogen-bond acceptors (Lipinski definition) is 6. The fraction of sp³-hybridized carbons (Fsp3) is 0.412. The quantitative estimate of drug-likeness (QED) is 0.714. The molecule has 1 fully saturated rings. The molecule has 0 bridgehead atoms. The zero-order valence-electron chi connectivity index (χ0n) is 13.4. The van der Waals surface area contributed by atoms with Gasteiger partial charge in [0, 0.05) is 35.9 Å². The molecule has 4 rings (SSSR count). The zero-order valence-corrected chi connectivity index (χ0v) is 14.3. The summed E-state index contributed by atoms with van der Waals surface area (Å²) in [5, 5.41) is 8.11. The minimum Gasteiger partial charge on any atom is -0.372 e. The molecule has 0 aliphatic carbocycles. The smallest absolute Gasteiger partial charge is 0.172 e. The van der Waals surface area contributed by atoms with E-state index >= 15 is 0 Å². The molecule has 1 aromatic carbocycles. The van der Waals surface area contributed by atoms with E-state index < -0.39 is 0 Å². The molecule has 2 aromatic heterocycles. The number of anilines is 1. The Bertz CT molecular complexity index is 818. The second kappa shape index (κ2) is 5.62. The molecule has 120 valence electrons. The maximum absolute atomic E-state index is 5.83. The minimum atomic E-state index is 0.231. The first-order chi connectivity index (χ1) is 11.1. The van der Waals surface area contributed by atoms with Crippen molar-refractivity contribution in [1.29, 1.82) is 0 Å². The Morgan fingerprint density at radius 2 is 2.00 bits per heavy atom. The molecule has 1 aliphatic heterocycles. The van der Waals surface area contributed by atoms with Crippen LogP contribution < -0.4 is 4.90 Å². The van der Waals surface area contributed by atoms with Gasteiger partial charge in [-0.3, -0.25) is 0 Å². The van der Waals surface area contributed by atoms with E-state index in [2.05, 4.69) is 47.9 Å². The van der Waals surface area contributed by atoms with E-state index in [1.165, 1.54) is 5.69 Å². The van der Waals surface area contributed by atoms with Crippen LogP contribution in [0.1, 0.15) is 19.4 Å². The number of fused-ring (bicyclic) bond motifs is 1. The predicted octanol–water partition coefficient (Wildman–Crippen LogP) is 3.87. The summed E-state index contributed by atoms with van der Waals surface area (Å²) in [4.78, 5) is 6.71. The third-order valence-corrected chi connectivity index (χ3v) is 5.04. The van der Waals surface area contributed by atoms with Crippen molar-refractivity contribution < 1.29 is 9.26 Å². The summed E-state index contributed by atoms with van der Waals surface area (Å²) < 4.78 is 11.5. The van der Waals surface area contributed by atoms with E-state index in [1.807, 2.05) is 5.38 Å². The fourth-order valence-electron chi connectivity index (χ4n) is 3.34. The highest BCUT2D eigenvalue weighted by Gasteiger charge is 2.25. The number of aryl methyl sites for hydroxylation is 1. The van der Waals surface area contributed by atoms with Gasteiger partial charge >= 0.3 is 0 Å². The van der Waals surface area contributed by atoms with Crippen LogP contribution in [0.15, 0.2) is 28.2 Å². The lowest BCUT2D eigenvalue weighted by Gasteiger charge is -2.37. The second-order valence-corrected chi connectivity index (χ2v) is 7.01. The van der Waals surface area contributed by atoms with E-state index in [0.29, 0.717) is 0 Å². The highest BCUT2D eigenvalue weighted by Crippen LogP contribution is 2.35. The van der Waals surface area contributed by atoms with Gasteiger partial charge in [0.25, 0.3) is 0 Å². The van der Waals surface area contributed by atoms with Crippen LogP contribution in [0.4, 0.5) is 5.69 Å². The Hall–Kier alpha value is -1.92. The van der Waals surface area contributed by atoms with Gasteiger partial charge < -0.3 is 14.2 Å². The normalized spacial score (nSPS) is 22.0. The van der Waals surface area contributed by atoms with Gasteiger partial charge in [-0.25, -0.2) is 4.98 Å². The largest absolute Gasteiger partial charge is 0.372 e. The molecule has 6 heteroatoms. The first kappa shape index (κ1) is 14.7. The van der Waals surface area contributed by atoms with Gasteiger partial charge in [-0.2, -0.15) is 0 Å². The SMILES string of the molecule is Cc1c(N2C[C@@H](C)O[C@@H](C)C2)ccc2c(-c3nccs3)noc12. The number of hydrogen-bond donors (Lipinski definition) is 0. The van der Waals surface area contributed by atoms with Crippen LogP contribution in [0.2, 0.25) is 0 Å². The highest BCUT2D eigenvalue weighted by molar-refractivity contribution is 7.13. The molecule has 0 unspecified atom stereocenters. The van der Waals surface area contributed by atoms with Crippen molar-refractivity contribution in [1.82, 2.24) is 10.1 Å². The fourth-order valence-corrected chi connectivity index (χ4v) is 3.97. The van der Waals surface area contributed by atoms with Crippen molar-refractivity contribution in [3.05, 3.63) is 29.3 Å². The molecule has 2 atom stereocenters. The number of aromatic nitrogens is 2. The number of benzene rings is 1. The number of rotatable bonds is 2. The maximum atomic E-state index is 5.83. The molecule has 1 saturated heterocycles. The van der Waals surface area contributed by atoms with Gasteiger partial charge in [0.15, 0.2) is 5.58 Å². The lowest BCUT2D eigenvalue weighted by Crippen LogP contribution is -2.45. The molecule has 0 saturated carbocycles. The topological polar surface area (TPSA) is 51.4 Å². The molecule has 3 heterocycles. The number of morpholine rings is 1. The Morgan fingerprint density at radius 3 is 2.70 bits per heavy atom. The summed E-state index contributed by atoms with van der Waals surface area (Å²) in [5.74, 6) is 0. The van der Waals surface area contributed by atoms with Crippen molar-refractivity contribution in [3.8, 4) is 10.7 Å². The Labute approximate surface area is 138 Å². The van der Waals surface area contributed by atoms with Crippen LogP contribution in [-0.4, -0.2) is 35.4 Å². The molecular weight excluding hydrogens is 310 g/mol. The van der Waals surface area contributed by atoms with Gasteiger partial charge in [0.2, 0.25) is 0 Å². The van der Waals surface area contributed by atoms with E-state index in [-0.39, 0.29) is 12.2 Å². The van der Waals surface area contributed by atoms with Crippen LogP contribution in [0.5, 0.6) is 0 Å². The summed E-state index contributed by atoms with van der Waals surface area (Å²) >= 11 is 1.57. The van der Waals surface area contributed by atoms with Crippen LogP contribution in [0, 0.1) is 6.92 Å². The van der Waals surface area contributed by atoms with Crippen LogP contribution >= 0.6 is 11.3 Å². The summed E-state index contributed by atoms with van der Waals surface area (Å²) in [6.45, 7) is 8.12. The van der Waals surface area contributed by atoms with E-state index in [1.54, 1.807) is 17.5 Å².